The van der Waals surface area contributed by atoms with Gasteiger partial charge in [0.2, 0.25) is 5.95 Å². The first-order valence-electron chi connectivity index (χ1n) is 9.96. The van der Waals surface area contributed by atoms with E-state index in [0.717, 1.165) is 57.8 Å². The van der Waals surface area contributed by atoms with Crippen molar-refractivity contribution in [3.63, 3.8) is 0 Å². The Hall–Kier alpha value is -1.24. The number of anilines is 1. The smallest absolute Gasteiger partial charge is 0.225 e. The van der Waals surface area contributed by atoms with Crippen LogP contribution in [0.1, 0.15) is 31.4 Å². The van der Waals surface area contributed by atoms with E-state index < -0.39 is 0 Å². The van der Waals surface area contributed by atoms with Crippen LogP contribution in [0.2, 0.25) is 0 Å². The van der Waals surface area contributed by atoms with Crippen molar-refractivity contribution in [1.82, 2.24) is 19.8 Å². The number of hydrogen-bond acceptors (Lipinski definition) is 6. The fourth-order valence-corrected chi connectivity index (χ4v) is 4.36. The largest absolute Gasteiger partial charge is 0.379 e. The minimum absolute atomic E-state index is 0.784. The van der Waals surface area contributed by atoms with E-state index >= 15 is 0 Å². The van der Waals surface area contributed by atoms with Gasteiger partial charge < -0.3 is 9.64 Å². The molecule has 0 amide bonds. The Bertz CT molecular complexity index is 542. The van der Waals surface area contributed by atoms with Crippen molar-refractivity contribution in [2.75, 3.05) is 63.9 Å². The summed E-state index contributed by atoms with van der Waals surface area (Å²) in [7, 11) is 0. The zero-order valence-corrected chi connectivity index (χ0v) is 15.3. The molecule has 1 atom stereocenters. The predicted molar refractivity (Wildman–Crippen MR) is 98.7 cm³/mol. The highest BCUT2D eigenvalue weighted by Crippen LogP contribution is 2.21. The normalized spacial score (nSPS) is 26.2. The van der Waals surface area contributed by atoms with Gasteiger partial charge in [0.05, 0.1) is 18.9 Å². The topological polar surface area (TPSA) is 44.7 Å². The van der Waals surface area contributed by atoms with Gasteiger partial charge in [0.1, 0.15) is 0 Å². The molecule has 3 aliphatic rings. The van der Waals surface area contributed by atoms with E-state index in [2.05, 4.69) is 25.8 Å². The van der Waals surface area contributed by atoms with Crippen LogP contribution < -0.4 is 4.90 Å². The molecule has 3 saturated heterocycles. The first-order chi connectivity index (χ1) is 12.4. The van der Waals surface area contributed by atoms with Gasteiger partial charge in [-0.15, -0.1) is 0 Å². The van der Waals surface area contributed by atoms with Gasteiger partial charge in [-0.05, 0) is 44.2 Å². The molecule has 6 heteroatoms. The van der Waals surface area contributed by atoms with E-state index in [1.54, 1.807) is 0 Å². The number of likely N-dealkylation sites (tertiary alicyclic amines) is 1. The zero-order chi connectivity index (χ0) is 16.9. The van der Waals surface area contributed by atoms with Gasteiger partial charge in [0.25, 0.3) is 0 Å². The van der Waals surface area contributed by atoms with Crippen molar-refractivity contribution >= 4 is 5.95 Å². The average Bonchev–Trinajstić information content (AvgIpc) is 3.18. The highest BCUT2D eigenvalue weighted by atomic mass is 16.5. The maximum Gasteiger partial charge on any atom is 0.225 e. The van der Waals surface area contributed by atoms with Crippen LogP contribution in [0.4, 0.5) is 5.95 Å². The summed E-state index contributed by atoms with van der Waals surface area (Å²) in [6.45, 7) is 10.8. The van der Waals surface area contributed by atoms with Crippen molar-refractivity contribution in [2.45, 2.75) is 32.2 Å². The molecule has 0 N–H and O–H groups in total. The molecule has 0 bridgehead atoms. The number of nitrogens with zero attached hydrogens (tertiary/aromatic N) is 5. The standard InChI is InChI=1S/C19H31N5O/c1-2-9-24(8-1)19-20-6-5-18(21-19)16-23-7-3-4-17(15-23)14-22-10-12-25-13-11-22/h5-6,17H,1-4,7-16H2/t17-/m0/s1. The predicted octanol–water partition coefficient (Wildman–Crippen LogP) is 1.62. The second-order valence-electron chi connectivity index (χ2n) is 7.70. The van der Waals surface area contributed by atoms with Gasteiger partial charge in [-0.1, -0.05) is 0 Å². The van der Waals surface area contributed by atoms with Crippen LogP contribution >= 0.6 is 0 Å². The van der Waals surface area contributed by atoms with Crippen LogP contribution in [0.5, 0.6) is 0 Å². The summed E-state index contributed by atoms with van der Waals surface area (Å²) in [6, 6.07) is 2.09. The molecule has 6 nitrogen and oxygen atoms in total. The average molecular weight is 345 g/mol. The summed E-state index contributed by atoms with van der Waals surface area (Å²) in [5.74, 6) is 1.71. The lowest BCUT2D eigenvalue weighted by Gasteiger charge is -2.36. The highest BCUT2D eigenvalue weighted by molar-refractivity contribution is 5.31. The fourth-order valence-electron chi connectivity index (χ4n) is 4.36. The van der Waals surface area contributed by atoms with Gasteiger partial charge in [0, 0.05) is 52.0 Å². The Labute approximate surface area is 151 Å². The summed E-state index contributed by atoms with van der Waals surface area (Å²) in [5.41, 5.74) is 1.17. The molecule has 0 saturated carbocycles. The molecular formula is C19H31N5O. The minimum atomic E-state index is 0.784. The van der Waals surface area contributed by atoms with Crippen LogP contribution in [0.25, 0.3) is 0 Å². The van der Waals surface area contributed by atoms with E-state index in [9.17, 15) is 0 Å². The quantitative estimate of drug-likeness (QED) is 0.808. The lowest BCUT2D eigenvalue weighted by atomic mass is 9.97. The van der Waals surface area contributed by atoms with Crippen LogP contribution in [0.3, 0.4) is 0 Å². The van der Waals surface area contributed by atoms with Gasteiger partial charge >= 0.3 is 0 Å². The van der Waals surface area contributed by atoms with Gasteiger partial charge in [-0.3, -0.25) is 9.80 Å². The van der Waals surface area contributed by atoms with E-state index in [-0.39, 0.29) is 0 Å². The number of aromatic nitrogens is 2. The van der Waals surface area contributed by atoms with Crippen LogP contribution in [0, 0.1) is 5.92 Å². The molecule has 1 aromatic rings. The first-order valence-corrected chi connectivity index (χ1v) is 9.96. The third-order valence-corrected chi connectivity index (χ3v) is 5.70. The molecule has 0 radical (unpaired) electrons. The van der Waals surface area contributed by atoms with Crippen LogP contribution in [0.15, 0.2) is 12.3 Å². The third-order valence-electron chi connectivity index (χ3n) is 5.70. The van der Waals surface area contributed by atoms with Crippen molar-refractivity contribution in [3.05, 3.63) is 18.0 Å². The van der Waals surface area contributed by atoms with Gasteiger partial charge in [-0.2, -0.15) is 0 Å². The molecule has 0 spiro atoms. The molecule has 25 heavy (non-hydrogen) atoms. The number of ether oxygens (including phenoxy) is 1. The summed E-state index contributed by atoms with van der Waals surface area (Å²) >= 11 is 0. The lowest BCUT2D eigenvalue weighted by molar-refractivity contribution is 0.0223. The third kappa shape index (κ3) is 4.68. The Morgan fingerprint density at radius 3 is 2.68 bits per heavy atom. The Morgan fingerprint density at radius 1 is 1.00 bits per heavy atom. The molecular weight excluding hydrogens is 314 g/mol. The zero-order valence-electron chi connectivity index (χ0n) is 15.3. The number of rotatable bonds is 5. The van der Waals surface area contributed by atoms with Crippen LogP contribution in [-0.4, -0.2) is 78.8 Å². The molecule has 4 rings (SSSR count). The second-order valence-corrected chi connectivity index (χ2v) is 7.70. The molecule has 0 aliphatic carbocycles. The summed E-state index contributed by atoms with van der Waals surface area (Å²) in [6.07, 6.45) is 7.13. The maximum absolute atomic E-state index is 5.47. The summed E-state index contributed by atoms with van der Waals surface area (Å²) in [5, 5.41) is 0. The molecule has 1 aromatic heterocycles. The maximum atomic E-state index is 5.47. The Balaban J connectivity index is 1.31. The van der Waals surface area contributed by atoms with E-state index in [0.29, 0.717) is 0 Å². The number of hydrogen-bond donors (Lipinski definition) is 0. The van der Waals surface area contributed by atoms with E-state index in [1.807, 2.05) is 6.20 Å². The number of piperidine rings is 1. The molecule has 4 heterocycles. The van der Waals surface area contributed by atoms with E-state index in [4.69, 9.17) is 9.72 Å². The van der Waals surface area contributed by atoms with Crippen molar-refractivity contribution in [3.8, 4) is 0 Å². The van der Waals surface area contributed by atoms with Gasteiger partial charge in [-0.25, -0.2) is 9.97 Å². The monoisotopic (exact) mass is 345 g/mol. The van der Waals surface area contributed by atoms with E-state index in [1.165, 1.54) is 51.0 Å². The Morgan fingerprint density at radius 2 is 1.84 bits per heavy atom. The summed E-state index contributed by atoms with van der Waals surface area (Å²) < 4.78 is 5.47. The summed E-state index contributed by atoms with van der Waals surface area (Å²) in [4.78, 5) is 16.8. The SMILES string of the molecule is c1cc(CN2CCC[C@@H](CN3CCOCC3)C2)nc(N2CCCC2)n1. The molecule has 3 fully saturated rings. The lowest BCUT2D eigenvalue weighted by Crippen LogP contribution is -2.44. The fraction of sp³-hybridized carbons (Fsp3) is 0.789. The molecule has 0 aromatic carbocycles. The minimum Gasteiger partial charge on any atom is -0.379 e. The Kier molecular flexibility index (Phi) is 5.79. The molecule has 0 unspecified atom stereocenters. The first kappa shape index (κ1) is 17.2. The van der Waals surface area contributed by atoms with Crippen molar-refractivity contribution < 1.29 is 4.74 Å². The van der Waals surface area contributed by atoms with Crippen LogP contribution in [-0.2, 0) is 11.3 Å². The van der Waals surface area contributed by atoms with Crippen molar-refractivity contribution in [2.24, 2.45) is 5.92 Å². The molecule has 3 aliphatic heterocycles. The number of morpholine rings is 1. The highest BCUT2D eigenvalue weighted by Gasteiger charge is 2.23. The van der Waals surface area contributed by atoms with Gasteiger partial charge in [0.15, 0.2) is 0 Å². The van der Waals surface area contributed by atoms with Crippen molar-refractivity contribution in [1.29, 1.82) is 0 Å². The molecule has 138 valence electrons. The second kappa shape index (κ2) is 8.43.